The number of nitrogens with zero attached hydrogens (tertiary/aromatic N) is 3. The van der Waals surface area contributed by atoms with E-state index in [9.17, 15) is 14.4 Å². The number of primary amides is 1. The maximum Gasteiger partial charge on any atom is 0.332 e. The van der Waals surface area contributed by atoms with E-state index in [1.165, 1.54) is 0 Å². The Morgan fingerprint density at radius 1 is 1.11 bits per heavy atom. The van der Waals surface area contributed by atoms with Crippen LogP contribution in [0, 0.1) is 5.92 Å². The van der Waals surface area contributed by atoms with Gasteiger partial charge in [-0.3, -0.25) is 15.0 Å². The smallest absolute Gasteiger partial charge is 0.332 e. The SMILES string of the molecule is COc1ccc(CN2C[C@@H](CC(N)=O)N(C(=O)NN3CCCCC3)[C@@H](CC(C)C)C2=O)cc1OC. The fourth-order valence-electron chi connectivity index (χ4n) is 4.92. The van der Waals surface area contributed by atoms with Gasteiger partial charge in [0.15, 0.2) is 11.5 Å². The molecule has 10 nitrogen and oxygen atoms in total. The van der Waals surface area contributed by atoms with Gasteiger partial charge in [0.1, 0.15) is 6.04 Å². The van der Waals surface area contributed by atoms with E-state index in [2.05, 4.69) is 5.43 Å². The number of hydrogen-bond acceptors (Lipinski definition) is 6. The van der Waals surface area contributed by atoms with Crippen LogP contribution in [0.3, 0.4) is 0 Å². The van der Waals surface area contributed by atoms with Crippen molar-refractivity contribution in [3.05, 3.63) is 23.8 Å². The predicted molar refractivity (Wildman–Crippen MR) is 132 cm³/mol. The lowest BCUT2D eigenvalue weighted by atomic mass is 9.95. The Bertz CT molecular complexity index is 902. The van der Waals surface area contributed by atoms with E-state index in [0.29, 0.717) is 24.5 Å². The molecule has 0 radical (unpaired) electrons. The molecule has 3 N–H and O–H groups in total. The van der Waals surface area contributed by atoms with Crippen molar-refractivity contribution in [2.24, 2.45) is 11.7 Å². The molecule has 2 aliphatic heterocycles. The molecule has 0 bridgehead atoms. The van der Waals surface area contributed by atoms with Crippen LogP contribution in [0.2, 0.25) is 0 Å². The standard InChI is InChI=1S/C25H39N5O5/c1-17(2)12-20-24(32)28(15-18-8-9-21(34-3)22(13-18)35-4)16-19(14-23(26)31)30(20)25(33)27-29-10-6-5-7-11-29/h8-9,13,17,19-20H,5-7,10-12,14-16H2,1-4H3,(H2,26,31)(H,27,33)/t19-,20+/m1/s1. The van der Waals surface area contributed by atoms with E-state index in [1.54, 1.807) is 30.1 Å². The van der Waals surface area contributed by atoms with E-state index in [-0.39, 0.29) is 30.8 Å². The first-order valence-electron chi connectivity index (χ1n) is 12.3. The summed E-state index contributed by atoms with van der Waals surface area (Å²) >= 11 is 0. The number of nitrogens with two attached hydrogens (primary N) is 1. The normalized spacial score (nSPS) is 21.2. The van der Waals surface area contributed by atoms with Crippen LogP contribution >= 0.6 is 0 Å². The van der Waals surface area contributed by atoms with Gasteiger partial charge in [-0.2, -0.15) is 0 Å². The molecule has 0 spiro atoms. The van der Waals surface area contributed by atoms with E-state index in [4.69, 9.17) is 15.2 Å². The number of carbonyl (C=O) groups excluding carboxylic acids is 3. The highest BCUT2D eigenvalue weighted by molar-refractivity contribution is 5.89. The molecule has 1 aromatic rings. The lowest BCUT2D eigenvalue weighted by Gasteiger charge is -2.47. The molecule has 10 heteroatoms. The fourth-order valence-corrected chi connectivity index (χ4v) is 4.92. The minimum atomic E-state index is -0.682. The maximum absolute atomic E-state index is 13.7. The summed E-state index contributed by atoms with van der Waals surface area (Å²) in [4.78, 5) is 42.4. The number of urea groups is 1. The molecule has 2 saturated heterocycles. The Kier molecular flexibility index (Phi) is 9.20. The third kappa shape index (κ3) is 6.78. The number of nitrogens with one attached hydrogen (secondary N) is 1. The van der Waals surface area contributed by atoms with Gasteiger partial charge in [-0.05, 0) is 42.9 Å². The van der Waals surface area contributed by atoms with Crippen molar-refractivity contribution in [1.82, 2.24) is 20.2 Å². The second kappa shape index (κ2) is 12.1. The molecule has 3 rings (SSSR count). The summed E-state index contributed by atoms with van der Waals surface area (Å²) in [5.74, 6) is 0.706. The molecule has 4 amide bonds. The van der Waals surface area contributed by atoms with Gasteiger partial charge in [0, 0.05) is 32.6 Å². The highest BCUT2D eigenvalue weighted by Crippen LogP contribution is 2.30. The van der Waals surface area contributed by atoms with Crippen LogP contribution in [-0.2, 0) is 16.1 Å². The molecule has 194 valence electrons. The molecule has 2 atom stereocenters. The second-order valence-corrected chi connectivity index (χ2v) is 9.75. The summed E-state index contributed by atoms with van der Waals surface area (Å²) < 4.78 is 10.7. The van der Waals surface area contributed by atoms with Crippen LogP contribution in [0.1, 0.15) is 51.5 Å². The predicted octanol–water partition coefficient (Wildman–Crippen LogP) is 2.12. The first-order valence-corrected chi connectivity index (χ1v) is 12.3. The van der Waals surface area contributed by atoms with Crippen LogP contribution in [0.4, 0.5) is 4.79 Å². The topological polar surface area (TPSA) is 117 Å². The van der Waals surface area contributed by atoms with Crippen LogP contribution < -0.4 is 20.6 Å². The van der Waals surface area contributed by atoms with E-state index < -0.39 is 18.0 Å². The molecule has 0 aliphatic carbocycles. The highest BCUT2D eigenvalue weighted by atomic mass is 16.5. The number of methoxy groups -OCH3 is 2. The molecule has 1 aromatic carbocycles. The highest BCUT2D eigenvalue weighted by Gasteiger charge is 2.44. The number of carbonyl (C=O) groups is 3. The van der Waals surface area contributed by atoms with Gasteiger partial charge in [-0.15, -0.1) is 0 Å². The summed E-state index contributed by atoms with van der Waals surface area (Å²) in [6.07, 6.45) is 3.64. The van der Waals surface area contributed by atoms with Gasteiger partial charge in [0.05, 0.1) is 20.3 Å². The fraction of sp³-hybridized carbons (Fsp3) is 0.640. The van der Waals surface area contributed by atoms with Gasteiger partial charge in [-0.25, -0.2) is 9.80 Å². The largest absolute Gasteiger partial charge is 0.493 e. The number of hydrogen-bond donors (Lipinski definition) is 2. The van der Waals surface area contributed by atoms with Crippen molar-refractivity contribution in [1.29, 1.82) is 0 Å². The Hall–Kier alpha value is -3.01. The van der Waals surface area contributed by atoms with Gasteiger partial charge in [0.25, 0.3) is 0 Å². The number of piperazine rings is 1. The number of amides is 4. The average Bonchev–Trinajstić information content (AvgIpc) is 2.81. The van der Waals surface area contributed by atoms with Crippen molar-refractivity contribution in [2.75, 3.05) is 33.9 Å². The zero-order valence-corrected chi connectivity index (χ0v) is 21.3. The Morgan fingerprint density at radius 3 is 2.40 bits per heavy atom. The number of ether oxygens (including phenoxy) is 2. The van der Waals surface area contributed by atoms with Crippen molar-refractivity contribution in [2.45, 2.75) is 64.6 Å². The molecule has 0 aromatic heterocycles. The van der Waals surface area contributed by atoms with E-state index in [1.807, 2.05) is 31.0 Å². The van der Waals surface area contributed by atoms with Crippen molar-refractivity contribution in [3.8, 4) is 11.5 Å². The number of rotatable bonds is 9. The van der Waals surface area contributed by atoms with Gasteiger partial charge >= 0.3 is 6.03 Å². The van der Waals surface area contributed by atoms with E-state index in [0.717, 1.165) is 37.9 Å². The molecule has 0 saturated carbocycles. The molecule has 2 aliphatic rings. The zero-order valence-electron chi connectivity index (χ0n) is 21.3. The Labute approximate surface area is 207 Å². The Morgan fingerprint density at radius 2 is 1.80 bits per heavy atom. The molecular weight excluding hydrogens is 450 g/mol. The molecular formula is C25H39N5O5. The molecule has 0 unspecified atom stereocenters. The maximum atomic E-state index is 13.7. The molecule has 2 fully saturated rings. The minimum absolute atomic E-state index is 0.0161. The first-order chi connectivity index (χ1) is 16.7. The minimum Gasteiger partial charge on any atom is -0.493 e. The number of benzene rings is 1. The number of hydrazine groups is 1. The van der Waals surface area contributed by atoms with Crippen LogP contribution in [0.5, 0.6) is 11.5 Å². The second-order valence-electron chi connectivity index (χ2n) is 9.75. The van der Waals surface area contributed by atoms with E-state index >= 15 is 0 Å². The summed E-state index contributed by atoms with van der Waals surface area (Å²) in [6.45, 7) is 6.13. The third-order valence-electron chi connectivity index (χ3n) is 6.55. The Balaban J connectivity index is 1.87. The van der Waals surface area contributed by atoms with Gasteiger partial charge in [0.2, 0.25) is 11.8 Å². The first kappa shape index (κ1) is 26.6. The monoisotopic (exact) mass is 489 g/mol. The third-order valence-corrected chi connectivity index (χ3v) is 6.55. The van der Waals surface area contributed by atoms with Crippen molar-refractivity contribution >= 4 is 17.8 Å². The van der Waals surface area contributed by atoms with Gasteiger partial charge < -0.3 is 25.0 Å². The van der Waals surface area contributed by atoms with Crippen LogP contribution in [0.15, 0.2) is 18.2 Å². The van der Waals surface area contributed by atoms with Gasteiger partial charge in [-0.1, -0.05) is 26.3 Å². The van der Waals surface area contributed by atoms with Crippen molar-refractivity contribution < 1.29 is 23.9 Å². The molecule has 2 heterocycles. The zero-order chi connectivity index (χ0) is 25.5. The van der Waals surface area contributed by atoms with Crippen LogP contribution in [-0.4, -0.2) is 78.6 Å². The number of piperidine rings is 1. The average molecular weight is 490 g/mol. The summed E-state index contributed by atoms with van der Waals surface area (Å²) in [7, 11) is 3.13. The molecule has 35 heavy (non-hydrogen) atoms. The summed E-state index contributed by atoms with van der Waals surface area (Å²) in [6, 6.07) is 3.97. The van der Waals surface area contributed by atoms with Crippen LogP contribution in [0.25, 0.3) is 0 Å². The van der Waals surface area contributed by atoms with Crippen molar-refractivity contribution in [3.63, 3.8) is 0 Å². The summed E-state index contributed by atoms with van der Waals surface area (Å²) in [5, 5.41) is 1.90. The lowest BCUT2D eigenvalue weighted by Crippen LogP contribution is -2.67. The quantitative estimate of drug-likeness (QED) is 0.549. The lowest BCUT2D eigenvalue weighted by molar-refractivity contribution is -0.145. The summed E-state index contributed by atoms with van der Waals surface area (Å²) in [5.41, 5.74) is 9.42.